The fourth-order valence-electron chi connectivity index (χ4n) is 5.23. The Morgan fingerprint density at radius 1 is 1.10 bits per heavy atom. The van der Waals surface area contributed by atoms with E-state index in [9.17, 15) is 9.90 Å². The number of benzene rings is 1. The van der Waals surface area contributed by atoms with Crippen molar-refractivity contribution in [2.24, 2.45) is 7.05 Å². The third-order valence-corrected chi connectivity index (χ3v) is 7.32. The molecule has 4 rings (SSSR count). The number of aromatic nitrogens is 2. The zero-order valence-electron chi connectivity index (χ0n) is 18.7. The minimum atomic E-state index is -0.332. The maximum atomic E-state index is 12.8. The minimum absolute atomic E-state index is 0.101. The maximum Gasteiger partial charge on any atom is 0.269 e. The summed E-state index contributed by atoms with van der Waals surface area (Å²) in [4.78, 5) is 17.6. The van der Waals surface area contributed by atoms with Crippen molar-refractivity contribution < 1.29 is 9.90 Å². The summed E-state index contributed by atoms with van der Waals surface area (Å²) in [7, 11) is 3.94. The molecule has 7 nitrogen and oxygen atoms in total. The van der Waals surface area contributed by atoms with Crippen LogP contribution in [0.25, 0.3) is 0 Å². The largest absolute Gasteiger partial charge is 0.391 e. The van der Waals surface area contributed by atoms with Crippen molar-refractivity contribution >= 4 is 5.91 Å². The number of nitrogens with zero attached hydrogens (tertiary/aromatic N) is 4. The maximum absolute atomic E-state index is 12.8. The number of aliphatic hydroxyl groups excluding tert-OH is 1. The molecule has 0 unspecified atom stereocenters. The van der Waals surface area contributed by atoms with Gasteiger partial charge in [0.15, 0.2) is 0 Å². The van der Waals surface area contributed by atoms with Gasteiger partial charge in [0.25, 0.3) is 5.91 Å². The Balaban J connectivity index is 1.52. The molecular weight excluding hydrogens is 390 g/mol. The summed E-state index contributed by atoms with van der Waals surface area (Å²) < 4.78 is 1.60. The van der Waals surface area contributed by atoms with Gasteiger partial charge in [-0.15, -0.1) is 0 Å². The lowest BCUT2D eigenvalue weighted by Crippen LogP contribution is -2.52. The first-order chi connectivity index (χ1) is 15.0. The van der Waals surface area contributed by atoms with E-state index in [-0.39, 0.29) is 23.5 Å². The number of nitrogens with one attached hydrogen (secondary N) is 1. The van der Waals surface area contributed by atoms with Crippen LogP contribution in [0.5, 0.6) is 0 Å². The quantitative estimate of drug-likeness (QED) is 0.713. The highest BCUT2D eigenvalue weighted by Crippen LogP contribution is 2.39. The summed E-state index contributed by atoms with van der Waals surface area (Å²) in [6.45, 7) is 4.67. The summed E-state index contributed by atoms with van der Waals surface area (Å²) in [5.41, 5.74) is 1.62. The Bertz CT molecular complexity index is 862. The summed E-state index contributed by atoms with van der Waals surface area (Å²) >= 11 is 0. The van der Waals surface area contributed by atoms with Crippen LogP contribution in [-0.2, 0) is 12.5 Å². The number of carbonyl (C=O) groups is 1. The van der Waals surface area contributed by atoms with Crippen LogP contribution in [0, 0.1) is 0 Å². The molecule has 2 aromatic rings. The van der Waals surface area contributed by atoms with E-state index in [1.165, 1.54) is 5.56 Å². The molecular formula is C24H35N5O2. The monoisotopic (exact) mass is 425 g/mol. The third kappa shape index (κ3) is 4.84. The lowest BCUT2D eigenvalue weighted by molar-refractivity contribution is 0.0200. The predicted molar refractivity (Wildman–Crippen MR) is 121 cm³/mol. The standard InChI is InChI=1S/C24H35N5O2/c1-27-14-16-29(17-15-27)20-8-11-24(12-9-22(20)30,19-6-4-3-5-7-19)18-25-23(31)21-10-13-26-28(21)2/h3-7,10,13,20,22,30H,8-9,11-12,14-18H2,1-2H3,(H,25,31)/t20-,22-,24-/m0/s1. The number of piperazine rings is 1. The lowest BCUT2D eigenvalue weighted by Gasteiger charge is -2.39. The Labute approximate surface area is 185 Å². The van der Waals surface area contributed by atoms with E-state index in [0.717, 1.165) is 51.9 Å². The van der Waals surface area contributed by atoms with Gasteiger partial charge in [0, 0.05) is 57.4 Å². The van der Waals surface area contributed by atoms with Gasteiger partial charge < -0.3 is 15.3 Å². The fraction of sp³-hybridized carbons (Fsp3) is 0.583. The number of rotatable bonds is 5. The molecule has 1 aromatic carbocycles. The summed E-state index contributed by atoms with van der Waals surface area (Å²) in [5.74, 6) is -0.101. The molecule has 7 heteroatoms. The molecule has 1 aliphatic carbocycles. The van der Waals surface area contributed by atoms with Crippen molar-refractivity contribution in [2.45, 2.75) is 43.2 Å². The van der Waals surface area contributed by atoms with Gasteiger partial charge in [-0.1, -0.05) is 30.3 Å². The topological polar surface area (TPSA) is 73.6 Å². The molecule has 1 saturated heterocycles. The Hall–Kier alpha value is -2.22. The minimum Gasteiger partial charge on any atom is -0.391 e. The molecule has 0 spiro atoms. The van der Waals surface area contributed by atoms with E-state index in [1.54, 1.807) is 24.0 Å². The van der Waals surface area contributed by atoms with Crippen LogP contribution in [0.4, 0.5) is 0 Å². The van der Waals surface area contributed by atoms with Crippen molar-refractivity contribution in [1.29, 1.82) is 0 Å². The van der Waals surface area contributed by atoms with E-state index >= 15 is 0 Å². The van der Waals surface area contributed by atoms with Crippen LogP contribution in [0.15, 0.2) is 42.6 Å². The smallest absolute Gasteiger partial charge is 0.269 e. The molecule has 31 heavy (non-hydrogen) atoms. The normalized spacial score (nSPS) is 28.2. The highest BCUT2D eigenvalue weighted by Gasteiger charge is 2.40. The van der Waals surface area contributed by atoms with Crippen LogP contribution in [-0.4, -0.2) is 82.5 Å². The van der Waals surface area contributed by atoms with Crippen molar-refractivity contribution in [3.8, 4) is 0 Å². The van der Waals surface area contributed by atoms with Crippen molar-refractivity contribution in [3.63, 3.8) is 0 Å². The van der Waals surface area contributed by atoms with Crippen LogP contribution < -0.4 is 5.32 Å². The summed E-state index contributed by atoms with van der Waals surface area (Å²) in [5, 5.41) is 18.3. The molecule has 1 amide bonds. The van der Waals surface area contributed by atoms with Gasteiger partial charge in [-0.25, -0.2) is 0 Å². The molecule has 2 aliphatic rings. The van der Waals surface area contributed by atoms with E-state index in [4.69, 9.17) is 0 Å². The number of amides is 1. The molecule has 2 fully saturated rings. The first-order valence-electron chi connectivity index (χ1n) is 11.4. The highest BCUT2D eigenvalue weighted by atomic mass is 16.3. The van der Waals surface area contributed by atoms with E-state index in [1.807, 2.05) is 6.07 Å². The second kappa shape index (κ2) is 9.51. The molecule has 2 heterocycles. The molecule has 2 N–H and O–H groups in total. The second-order valence-corrected chi connectivity index (χ2v) is 9.22. The number of aryl methyl sites for hydroxylation is 1. The number of hydrogen-bond donors (Lipinski definition) is 2. The molecule has 0 bridgehead atoms. The fourth-order valence-corrected chi connectivity index (χ4v) is 5.23. The van der Waals surface area contributed by atoms with Gasteiger partial charge >= 0.3 is 0 Å². The van der Waals surface area contributed by atoms with Gasteiger partial charge in [0.2, 0.25) is 0 Å². The highest BCUT2D eigenvalue weighted by molar-refractivity contribution is 5.92. The predicted octanol–water partition coefficient (Wildman–Crippen LogP) is 1.64. The average Bonchev–Trinajstić information content (AvgIpc) is 3.15. The average molecular weight is 426 g/mol. The number of aliphatic hydroxyl groups is 1. The molecule has 0 radical (unpaired) electrons. The Morgan fingerprint density at radius 2 is 1.81 bits per heavy atom. The molecule has 1 saturated carbocycles. The Kier molecular flexibility index (Phi) is 6.74. The van der Waals surface area contributed by atoms with Gasteiger partial charge in [-0.05, 0) is 44.4 Å². The zero-order valence-corrected chi connectivity index (χ0v) is 18.7. The van der Waals surface area contributed by atoms with Crippen LogP contribution >= 0.6 is 0 Å². The van der Waals surface area contributed by atoms with Gasteiger partial charge in [0.05, 0.1) is 6.10 Å². The van der Waals surface area contributed by atoms with Crippen LogP contribution in [0.3, 0.4) is 0 Å². The van der Waals surface area contributed by atoms with E-state index in [2.05, 4.69) is 51.5 Å². The van der Waals surface area contributed by atoms with Crippen molar-refractivity contribution in [1.82, 2.24) is 24.9 Å². The number of carbonyl (C=O) groups excluding carboxylic acids is 1. The number of hydrogen-bond acceptors (Lipinski definition) is 5. The van der Waals surface area contributed by atoms with E-state index < -0.39 is 0 Å². The summed E-state index contributed by atoms with van der Waals surface area (Å²) in [6, 6.07) is 12.4. The van der Waals surface area contributed by atoms with Crippen molar-refractivity contribution in [3.05, 3.63) is 53.9 Å². The SMILES string of the molecule is CN1CCN([C@H]2CC[C@](CNC(=O)c3ccnn3C)(c3ccccc3)CC[C@@H]2O)CC1. The first kappa shape index (κ1) is 22.0. The molecule has 1 aliphatic heterocycles. The van der Waals surface area contributed by atoms with Crippen LogP contribution in [0.2, 0.25) is 0 Å². The molecule has 168 valence electrons. The van der Waals surface area contributed by atoms with Crippen LogP contribution in [0.1, 0.15) is 41.7 Å². The lowest BCUT2D eigenvalue weighted by atomic mass is 9.74. The number of likely N-dealkylation sites (N-methyl/N-ethyl adjacent to an activating group) is 1. The molecule has 3 atom stereocenters. The Morgan fingerprint density at radius 3 is 2.48 bits per heavy atom. The molecule has 1 aromatic heterocycles. The first-order valence-corrected chi connectivity index (χ1v) is 11.4. The second-order valence-electron chi connectivity index (χ2n) is 9.22. The van der Waals surface area contributed by atoms with E-state index in [0.29, 0.717) is 12.2 Å². The summed E-state index contributed by atoms with van der Waals surface area (Å²) in [6.07, 6.45) is 4.78. The van der Waals surface area contributed by atoms with Gasteiger partial charge in [-0.2, -0.15) is 5.10 Å². The zero-order chi connectivity index (χ0) is 21.8. The van der Waals surface area contributed by atoms with Crippen molar-refractivity contribution in [2.75, 3.05) is 39.8 Å². The third-order valence-electron chi connectivity index (χ3n) is 7.32. The van der Waals surface area contributed by atoms with Gasteiger partial charge in [-0.3, -0.25) is 14.4 Å². The van der Waals surface area contributed by atoms with Gasteiger partial charge in [0.1, 0.15) is 5.69 Å².